The zero-order valence-corrected chi connectivity index (χ0v) is 14.9. The van der Waals surface area contributed by atoms with E-state index in [1.165, 1.54) is 0 Å². The first-order chi connectivity index (χ1) is 12.5. The molecule has 134 valence electrons. The normalized spacial score (nSPS) is 11.0. The van der Waals surface area contributed by atoms with Gasteiger partial charge in [0, 0.05) is 11.9 Å². The van der Waals surface area contributed by atoms with Gasteiger partial charge in [-0.3, -0.25) is 10.1 Å². The molecule has 0 aliphatic heterocycles. The lowest BCUT2D eigenvalue weighted by atomic mass is 9.98. The molecule has 6 nitrogen and oxygen atoms in total. The summed E-state index contributed by atoms with van der Waals surface area (Å²) in [4.78, 5) is 15.5. The van der Waals surface area contributed by atoms with Crippen LogP contribution >= 0.6 is 0 Å². The smallest absolute Gasteiger partial charge is 0.334 e. The molecule has 0 spiro atoms. The van der Waals surface area contributed by atoms with E-state index in [0.717, 1.165) is 16.5 Å². The Labute approximate surface area is 152 Å². The maximum absolute atomic E-state index is 11.6. The second kappa shape index (κ2) is 7.39. The van der Waals surface area contributed by atoms with Gasteiger partial charge >= 0.3 is 5.69 Å². The van der Waals surface area contributed by atoms with Crippen LogP contribution in [0.4, 0.5) is 17.2 Å². The Balaban J connectivity index is 2.22. The van der Waals surface area contributed by atoms with E-state index in [1.807, 2.05) is 48.5 Å². The number of nitro groups is 1. The quantitative estimate of drug-likeness (QED) is 0.508. The summed E-state index contributed by atoms with van der Waals surface area (Å²) in [7, 11) is 0. The fourth-order valence-electron chi connectivity index (χ4n) is 3.02. The number of hydrogen-bond donors (Lipinski definition) is 2. The minimum absolute atomic E-state index is 0.0642. The van der Waals surface area contributed by atoms with Gasteiger partial charge < -0.3 is 11.1 Å². The van der Waals surface area contributed by atoms with Crippen LogP contribution in [-0.4, -0.2) is 16.5 Å². The molecule has 1 aromatic heterocycles. The molecule has 3 aromatic rings. The lowest BCUT2D eigenvalue weighted by molar-refractivity contribution is -0.383. The van der Waals surface area contributed by atoms with Crippen LogP contribution in [0.15, 0.2) is 48.5 Å². The third-order valence-corrected chi connectivity index (χ3v) is 4.21. The largest absolute Gasteiger partial charge is 0.379 e. The second-order valence-electron chi connectivity index (χ2n) is 6.73. The number of anilines is 2. The number of nitrogens with one attached hydrogen (secondary N) is 1. The van der Waals surface area contributed by atoms with Crippen molar-refractivity contribution in [3.8, 4) is 0 Å². The highest BCUT2D eigenvalue weighted by atomic mass is 16.6. The first-order valence-corrected chi connectivity index (χ1v) is 8.60. The fourth-order valence-corrected chi connectivity index (χ4v) is 3.02. The number of hydrogen-bond acceptors (Lipinski definition) is 5. The molecule has 6 heteroatoms. The van der Waals surface area contributed by atoms with Crippen LogP contribution < -0.4 is 11.1 Å². The van der Waals surface area contributed by atoms with E-state index in [4.69, 9.17) is 5.73 Å². The number of nitrogens with zero attached hydrogens (tertiary/aromatic N) is 2. The van der Waals surface area contributed by atoms with Crippen LogP contribution in [0.1, 0.15) is 25.0 Å². The van der Waals surface area contributed by atoms with Crippen LogP contribution in [0.5, 0.6) is 0 Å². The molecule has 0 atom stereocenters. The summed E-state index contributed by atoms with van der Waals surface area (Å²) in [6.45, 7) is 4.71. The summed E-state index contributed by atoms with van der Waals surface area (Å²) in [6.07, 6.45) is 0.664. The van der Waals surface area contributed by atoms with Crippen molar-refractivity contribution in [3.63, 3.8) is 0 Å². The van der Waals surface area contributed by atoms with Gasteiger partial charge in [-0.15, -0.1) is 0 Å². The standard InChI is InChI=1S/C20H22N4O2/c1-13(2)12-22-18-17-15(11-14-7-4-3-5-8-14)9-6-10-16(17)23-20(21)19(18)24(25)26/h3-10,13H,11-12H2,1-2H3,(H3,21,22,23). The minimum Gasteiger partial charge on any atom is -0.379 e. The fraction of sp³-hybridized carbons (Fsp3) is 0.250. The highest BCUT2D eigenvalue weighted by Crippen LogP contribution is 2.38. The Morgan fingerprint density at radius 2 is 1.88 bits per heavy atom. The zero-order chi connectivity index (χ0) is 18.7. The molecule has 0 radical (unpaired) electrons. The average molecular weight is 350 g/mol. The van der Waals surface area contributed by atoms with Gasteiger partial charge in [-0.25, -0.2) is 4.98 Å². The van der Waals surface area contributed by atoms with Crippen molar-refractivity contribution < 1.29 is 4.92 Å². The topological polar surface area (TPSA) is 94.1 Å². The van der Waals surface area contributed by atoms with Crippen molar-refractivity contribution in [3.05, 3.63) is 69.8 Å². The van der Waals surface area contributed by atoms with Crippen molar-refractivity contribution in [2.75, 3.05) is 17.6 Å². The summed E-state index contributed by atoms with van der Waals surface area (Å²) < 4.78 is 0. The van der Waals surface area contributed by atoms with Crippen LogP contribution in [0.25, 0.3) is 10.9 Å². The summed E-state index contributed by atoms with van der Waals surface area (Å²) in [6, 6.07) is 15.7. The Bertz CT molecular complexity index is 939. The number of nitrogens with two attached hydrogens (primary N) is 1. The first-order valence-electron chi connectivity index (χ1n) is 8.60. The third kappa shape index (κ3) is 3.59. The van der Waals surface area contributed by atoms with E-state index in [1.54, 1.807) is 0 Å². The minimum atomic E-state index is -0.455. The first kappa shape index (κ1) is 17.7. The molecular formula is C20H22N4O2. The molecule has 0 bridgehead atoms. The van der Waals surface area contributed by atoms with Crippen LogP contribution in [-0.2, 0) is 6.42 Å². The van der Waals surface area contributed by atoms with E-state index in [9.17, 15) is 10.1 Å². The lowest BCUT2D eigenvalue weighted by Crippen LogP contribution is -2.12. The highest BCUT2D eigenvalue weighted by molar-refractivity contribution is 6.01. The van der Waals surface area contributed by atoms with Gasteiger partial charge in [-0.2, -0.15) is 0 Å². The molecule has 0 aliphatic rings. The Kier molecular flexibility index (Phi) is 5.02. The Morgan fingerprint density at radius 3 is 2.54 bits per heavy atom. The molecule has 0 unspecified atom stereocenters. The number of nitrogen functional groups attached to an aromatic ring is 1. The molecule has 3 N–H and O–H groups in total. The predicted octanol–water partition coefficient (Wildman–Crippen LogP) is 4.38. The highest BCUT2D eigenvalue weighted by Gasteiger charge is 2.24. The van der Waals surface area contributed by atoms with Gasteiger partial charge in [-0.05, 0) is 29.5 Å². The lowest BCUT2D eigenvalue weighted by Gasteiger charge is -2.16. The molecular weight excluding hydrogens is 328 g/mol. The molecule has 0 saturated heterocycles. The summed E-state index contributed by atoms with van der Waals surface area (Å²) >= 11 is 0. The summed E-state index contributed by atoms with van der Waals surface area (Å²) in [5, 5.41) is 15.7. The molecule has 0 aliphatic carbocycles. The molecule has 0 saturated carbocycles. The maximum Gasteiger partial charge on any atom is 0.334 e. The Morgan fingerprint density at radius 1 is 1.15 bits per heavy atom. The van der Waals surface area contributed by atoms with Gasteiger partial charge in [0.05, 0.1) is 10.4 Å². The summed E-state index contributed by atoms with van der Waals surface area (Å²) in [5.41, 5.74) is 8.98. The van der Waals surface area contributed by atoms with Gasteiger partial charge in [0.1, 0.15) is 5.69 Å². The van der Waals surface area contributed by atoms with Crippen LogP contribution in [0, 0.1) is 16.0 Å². The van der Waals surface area contributed by atoms with E-state index in [-0.39, 0.29) is 11.5 Å². The van der Waals surface area contributed by atoms with E-state index < -0.39 is 4.92 Å². The summed E-state index contributed by atoms with van der Waals surface area (Å²) in [5.74, 6) is 0.269. The maximum atomic E-state index is 11.6. The molecule has 2 aromatic carbocycles. The third-order valence-electron chi connectivity index (χ3n) is 4.21. The molecule has 1 heterocycles. The second-order valence-corrected chi connectivity index (χ2v) is 6.73. The number of fused-ring (bicyclic) bond motifs is 1. The predicted molar refractivity (Wildman–Crippen MR) is 105 cm³/mol. The van der Waals surface area contributed by atoms with Gasteiger partial charge in [0.2, 0.25) is 5.82 Å². The molecule has 0 fully saturated rings. The van der Waals surface area contributed by atoms with Crippen LogP contribution in [0.3, 0.4) is 0 Å². The Hall–Kier alpha value is -3.15. The van der Waals surface area contributed by atoms with Crippen molar-refractivity contribution in [2.45, 2.75) is 20.3 Å². The van der Waals surface area contributed by atoms with Crippen molar-refractivity contribution in [2.24, 2.45) is 5.92 Å². The monoisotopic (exact) mass is 350 g/mol. The molecule has 0 amide bonds. The number of rotatable bonds is 6. The van der Waals surface area contributed by atoms with Crippen molar-refractivity contribution >= 4 is 28.1 Å². The van der Waals surface area contributed by atoms with Crippen molar-refractivity contribution in [1.82, 2.24) is 4.98 Å². The zero-order valence-electron chi connectivity index (χ0n) is 14.9. The van der Waals surface area contributed by atoms with E-state index in [0.29, 0.717) is 30.1 Å². The number of pyridine rings is 1. The number of aromatic nitrogens is 1. The van der Waals surface area contributed by atoms with Gasteiger partial charge in [0.25, 0.3) is 0 Å². The average Bonchev–Trinajstić information content (AvgIpc) is 2.59. The molecule has 26 heavy (non-hydrogen) atoms. The van der Waals surface area contributed by atoms with E-state index in [2.05, 4.69) is 24.1 Å². The van der Waals surface area contributed by atoms with Crippen molar-refractivity contribution in [1.29, 1.82) is 0 Å². The SMILES string of the molecule is CC(C)CNc1c([N+](=O)[O-])c(N)nc2cccc(Cc3ccccc3)c12. The van der Waals surface area contributed by atoms with E-state index >= 15 is 0 Å². The van der Waals surface area contributed by atoms with Crippen LogP contribution in [0.2, 0.25) is 0 Å². The molecule has 3 rings (SSSR count). The van der Waals surface area contributed by atoms with Gasteiger partial charge in [0.15, 0.2) is 0 Å². The van der Waals surface area contributed by atoms with Gasteiger partial charge in [-0.1, -0.05) is 56.3 Å². The number of benzene rings is 2.